The highest BCUT2D eigenvalue weighted by molar-refractivity contribution is 4.81. The summed E-state index contributed by atoms with van der Waals surface area (Å²) in [6.07, 6.45) is 2.63. The van der Waals surface area contributed by atoms with Gasteiger partial charge in [-0.3, -0.25) is 0 Å². The molecule has 1 heterocycles. The second-order valence-electron chi connectivity index (χ2n) is 2.22. The van der Waals surface area contributed by atoms with Crippen LogP contribution in [0.25, 0.3) is 0 Å². The van der Waals surface area contributed by atoms with Crippen molar-refractivity contribution >= 4 is 0 Å². The van der Waals surface area contributed by atoms with Gasteiger partial charge in [0.1, 0.15) is 12.7 Å². The normalized spacial score (nSPS) is 24.5. The fourth-order valence-electron chi connectivity index (χ4n) is 0.576. The SMILES string of the molecule is CCC=C(O)OCC1CO1. The van der Waals surface area contributed by atoms with E-state index in [1.165, 1.54) is 0 Å². The van der Waals surface area contributed by atoms with E-state index in [-0.39, 0.29) is 12.0 Å². The molecule has 1 unspecified atom stereocenters. The molecule has 3 heteroatoms. The number of epoxide rings is 1. The number of allylic oxidation sites excluding steroid dienone is 1. The van der Waals surface area contributed by atoms with E-state index >= 15 is 0 Å². The van der Waals surface area contributed by atoms with Gasteiger partial charge in [-0.25, -0.2) is 0 Å². The molecular weight excluding hydrogens is 132 g/mol. The van der Waals surface area contributed by atoms with Crippen molar-refractivity contribution in [2.24, 2.45) is 0 Å². The van der Waals surface area contributed by atoms with Gasteiger partial charge in [0.2, 0.25) is 0 Å². The fraction of sp³-hybridized carbons (Fsp3) is 0.714. The van der Waals surface area contributed by atoms with E-state index in [0.29, 0.717) is 6.61 Å². The largest absolute Gasteiger partial charge is 0.481 e. The fourth-order valence-corrected chi connectivity index (χ4v) is 0.576. The maximum Gasteiger partial charge on any atom is 0.272 e. The van der Waals surface area contributed by atoms with Crippen molar-refractivity contribution in [3.8, 4) is 0 Å². The summed E-state index contributed by atoms with van der Waals surface area (Å²) < 4.78 is 9.77. The zero-order chi connectivity index (χ0) is 7.40. The lowest BCUT2D eigenvalue weighted by Gasteiger charge is -1.99. The third-order valence-corrected chi connectivity index (χ3v) is 1.20. The van der Waals surface area contributed by atoms with Crippen molar-refractivity contribution in [1.82, 2.24) is 0 Å². The lowest BCUT2D eigenvalue weighted by molar-refractivity contribution is 0.0810. The van der Waals surface area contributed by atoms with Crippen LogP contribution in [-0.2, 0) is 9.47 Å². The molecule has 0 aromatic rings. The van der Waals surface area contributed by atoms with E-state index in [0.717, 1.165) is 13.0 Å². The molecule has 1 fully saturated rings. The van der Waals surface area contributed by atoms with Crippen LogP contribution >= 0.6 is 0 Å². The number of ether oxygens (including phenoxy) is 2. The Kier molecular flexibility index (Phi) is 2.57. The second kappa shape index (κ2) is 3.46. The summed E-state index contributed by atoms with van der Waals surface area (Å²) in [5.74, 6) is 0.0120. The maximum absolute atomic E-state index is 8.91. The van der Waals surface area contributed by atoms with Gasteiger partial charge in [-0.15, -0.1) is 0 Å². The Labute approximate surface area is 60.3 Å². The molecule has 0 bridgehead atoms. The molecule has 0 radical (unpaired) electrons. The van der Waals surface area contributed by atoms with Crippen LogP contribution in [0.3, 0.4) is 0 Å². The van der Waals surface area contributed by atoms with E-state index in [2.05, 4.69) is 0 Å². The summed E-state index contributed by atoms with van der Waals surface area (Å²) in [7, 11) is 0. The van der Waals surface area contributed by atoms with Crippen LogP contribution in [0.1, 0.15) is 13.3 Å². The third kappa shape index (κ3) is 2.73. The van der Waals surface area contributed by atoms with E-state index in [9.17, 15) is 0 Å². The third-order valence-electron chi connectivity index (χ3n) is 1.20. The van der Waals surface area contributed by atoms with Crippen molar-refractivity contribution in [1.29, 1.82) is 0 Å². The number of hydrogen-bond acceptors (Lipinski definition) is 3. The van der Waals surface area contributed by atoms with E-state index < -0.39 is 0 Å². The second-order valence-corrected chi connectivity index (χ2v) is 2.22. The Balaban J connectivity index is 2.04. The minimum atomic E-state index is 0.0120. The molecule has 58 valence electrons. The van der Waals surface area contributed by atoms with Crippen LogP contribution in [0.5, 0.6) is 0 Å². The van der Waals surface area contributed by atoms with Crippen molar-refractivity contribution in [3.05, 3.63) is 12.0 Å². The number of hydrogen-bond donors (Lipinski definition) is 1. The average Bonchev–Trinajstić information content (AvgIpc) is 2.67. The Bertz CT molecular complexity index is 127. The van der Waals surface area contributed by atoms with Crippen LogP contribution in [-0.4, -0.2) is 24.4 Å². The van der Waals surface area contributed by atoms with Gasteiger partial charge in [-0.2, -0.15) is 0 Å². The predicted octanol–water partition coefficient (Wildman–Crippen LogP) is 1.21. The number of aliphatic hydroxyl groups is 1. The molecule has 0 aromatic heterocycles. The first-order chi connectivity index (χ1) is 4.83. The first-order valence-electron chi connectivity index (χ1n) is 3.46. The van der Waals surface area contributed by atoms with Gasteiger partial charge in [0.15, 0.2) is 0 Å². The topological polar surface area (TPSA) is 42.0 Å². The van der Waals surface area contributed by atoms with Crippen LogP contribution < -0.4 is 0 Å². The van der Waals surface area contributed by atoms with Gasteiger partial charge in [0, 0.05) is 0 Å². The van der Waals surface area contributed by atoms with Gasteiger partial charge < -0.3 is 14.6 Å². The van der Waals surface area contributed by atoms with Crippen molar-refractivity contribution in [2.45, 2.75) is 19.4 Å². The molecule has 1 atom stereocenters. The zero-order valence-electron chi connectivity index (χ0n) is 6.04. The van der Waals surface area contributed by atoms with Crippen LogP contribution in [0.2, 0.25) is 0 Å². The van der Waals surface area contributed by atoms with Crippen LogP contribution in [0.4, 0.5) is 0 Å². The van der Waals surface area contributed by atoms with Crippen molar-refractivity contribution < 1.29 is 14.6 Å². The maximum atomic E-state index is 8.91. The molecule has 0 saturated carbocycles. The van der Waals surface area contributed by atoms with Gasteiger partial charge in [-0.1, -0.05) is 6.92 Å². The molecule has 1 aliphatic rings. The Morgan fingerprint density at radius 3 is 3.10 bits per heavy atom. The zero-order valence-corrected chi connectivity index (χ0v) is 6.04. The Hall–Kier alpha value is -0.700. The average molecular weight is 144 g/mol. The summed E-state index contributed by atoms with van der Waals surface area (Å²) in [6.45, 7) is 3.18. The molecule has 0 aliphatic carbocycles. The molecule has 1 rings (SSSR count). The molecule has 0 aromatic carbocycles. The lowest BCUT2D eigenvalue weighted by atomic mass is 10.5. The minimum Gasteiger partial charge on any atom is -0.481 e. The Morgan fingerprint density at radius 1 is 1.90 bits per heavy atom. The lowest BCUT2D eigenvalue weighted by Crippen LogP contribution is -2.00. The first-order valence-corrected chi connectivity index (χ1v) is 3.46. The highest BCUT2D eigenvalue weighted by Gasteiger charge is 2.23. The summed E-state index contributed by atoms with van der Waals surface area (Å²) in [5.41, 5.74) is 0. The highest BCUT2D eigenvalue weighted by atomic mass is 16.6. The molecule has 0 amide bonds. The monoisotopic (exact) mass is 144 g/mol. The summed E-state index contributed by atoms with van der Waals surface area (Å²) in [5, 5.41) is 8.91. The molecular formula is C7H12O3. The van der Waals surface area contributed by atoms with Crippen molar-refractivity contribution in [2.75, 3.05) is 13.2 Å². The predicted molar refractivity (Wildman–Crippen MR) is 36.7 cm³/mol. The van der Waals surface area contributed by atoms with Crippen LogP contribution in [0.15, 0.2) is 12.0 Å². The Morgan fingerprint density at radius 2 is 2.60 bits per heavy atom. The van der Waals surface area contributed by atoms with E-state index in [4.69, 9.17) is 14.6 Å². The van der Waals surface area contributed by atoms with Crippen molar-refractivity contribution in [3.63, 3.8) is 0 Å². The quantitative estimate of drug-likeness (QED) is 0.476. The summed E-state index contributed by atoms with van der Waals surface area (Å²) >= 11 is 0. The van der Waals surface area contributed by atoms with Gasteiger partial charge in [0.05, 0.1) is 6.61 Å². The molecule has 10 heavy (non-hydrogen) atoms. The molecule has 0 spiro atoms. The molecule has 1 N–H and O–H groups in total. The molecule has 3 nitrogen and oxygen atoms in total. The number of aliphatic hydroxyl groups excluding tert-OH is 1. The highest BCUT2D eigenvalue weighted by Crippen LogP contribution is 2.10. The number of rotatable bonds is 4. The smallest absolute Gasteiger partial charge is 0.272 e. The van der Waals surface area contributed by atoms with Gasteiger partial charge in [0.25, 0.3) is 5.95 Å². The van der Waals surface area contributed by atoms with Gasteiger partial charge >= 0.3 is 0 Å². The summed E-state index contributed by atoms with van der Waals surface area (Å²) in [6, 6.07) is 0. The standard InChI is InChI=1S/C7H12O3/c1-2-3-7(8)10-5-6-4-9-6/h3,6,8H,2,4-5H2,1H3. The molecule has 1 saturated heterocycles. The van der Waals surface area contributed by atoms with Gasteiger partial charge in [-0.05, 0) is 12.5 Å². The summed E-state index contributed by atoms with van der Waals surface area (Å²) in [4.78, 5) is 0. The molecule has 1 aliphatic heterocycles. The van der Waals surface area contributed by atoms with E-state index in [1.54, 1.807) is 6.08 Å². The van der Waals surface area contributed by atoms with Crippen LogP contribution in [0, 0.1) is 0 Å². The first kappa shape index (κ1) is 7.41. The van der Waals surface area contributed by atoms with E-state index in [1.807, 2.05) is 6.92 Å². The minimum absolute atomic E-state index is 0.0120.